The molecule has 156 valence electrons. The third kappa shape index (κ3) is 5.39. The lowest BCUT2D eigenvalue weighted by Crippen LogP contribution is -2.34. The zero-order chi connectivity index (χ0) is 21.0. The van der Waals surface area contributed by atoms with Crippen LogP contribution < -0.4 is 10.1 Å². The van der Waals surface area contributed by atoms with E-state index in [0.717, 1.165) is 6.07 Å². The molecule has 2 aromatic rings. The van der Waals surface area contributed by atoms with E-state index in [-0.39, 0.29) is 31.1 Å². The van der Waals surface area contributed by atoms with E-state index in [1.807, 2.05) is 0 Å². The molecule has 0 unspecified atom stereocenters. The first-order valence-corrected chi connectivity index (χ1v) is 8.86. The van der Waals surface area contributed by atoms with Crippen molar-refractivity contribution in [2.75, 3.05) is 18.4 Å². The van der Waals surface area contributed by atoms with Gasteiger partial charge in [0.15, 0.2) is 5.82 Å². The summed E-state index contributed by atoms with van der Waals surface area (Å²) in [6, 6.07) is 6.04. The second-order valence-corrected chi connectivity index (χ2v) is 6.51. The van der Waals surface area contributed by atoms with Crippen LogP contribution in [0.5, 0.6) is 5.75 Å². The third-order valence-corrected chi connectivity index (χ3v) is 4.35. The highest BCUT2D eigenvalue weighted by atomic mass is 19.4. The maximum absolute atomic E-state index is 13.1. The number of urea groups is 1. The largest absolute Gasteiger partial charge is 0.488 e. The molecule has 0 bridgehead atoms. The molecule has 1 aliphatic heterocycles. The summed E-state index contributed by atoms with van der Waals surface area (Å²) in [6.07, 6.45) is -3.24. The fraction of sp³-hybridized carbons (Fsp3) is 0.389. The van der Waals surface area contributed by atoms with Gasteiger partial charge in [0.25, 0.3) is 0 Å². The Bertz CT molecular complexity index is 884. The van der Waals surface area contributed by atoms with Gasteiger partial charge in [-0.1, -0.05) is 12.1 Å². The van der Waals surface area contributed by atoms with Crippen molar-refractivity contribution in [2.45, 2.75) is 31.7 Å². The number of aromatic nitrogens is 2. The molecule has 2 heterocycles. The molecule has 3 rings (SSSR count). The molecule has 0 radical (unpaired) electrons. The highest BCUT2D eigenvalue weighted by molar-refractivity contribution is 5.88. The molecule has 1 aromatic heterocycles. The van der Waals surface area contributed by atoms with Crippen LogP contribution in [0.4, 0.5) is 23.8 Å². The van der Waals surface area contributed by atoms with Gasteiger partial charge in [0.1, 0.15) is 11.9 Å². The normalized spacial score (nSPS) is 16.7. The van der Waals surface area contributed by atoms with Gasteiger partial charge in [-0.3, -0.25) is 14.8 Å². The number of benzene rings is 1. The number of amides is 2. The molecular weight excluding hydrogens is 393 g/mol. The lowest BCUT2D eigenvalue weighted by molar-refractivity contribution is -0.139. The van der Waals surface area contributed by atoms with Crippen LogP contribution in [0, 0.1) is 0 Å². The summed E-state index contributed by atoms with van der Waals surface area (Å²) < 4.78 is 46.1. The monoisotopic (exact) mass is 412 g/mol. The van der Waals surface area contributed by atoms with Crippen LogP contribution in [0.25, 0.3) is 0 Å². The lowest BCUT2D eigenvalue weighted by atomic mass is 10.2. The number of aryl methyl sites for hydroxylation is 1. The number of aliphatic carboxylic acids is 1. The highest BCUT2D eigenvalue weighted by Gasteiger charge is 2.36. The van der Waals surface area contributed by atoms with Crippen LogP contribution in [0.2, 0.25) is 0 Å². The van der Waals surface area contributed by atoms with Crippen LogP contribution in [-0.2, 0) is 17.5 Å². The standard InChI is InChI=1S/C18H19F3N4O4/c19-18(20,21)13-3-1-2-4-14(13)29-12-5-8-24(11-12)17(28)22-15-6-9-25(23-15)10-7-16(26)27/h1-4,6,9,12H,5,7-8,10-11H2,(H,26,27)(H,22,23,28)/t12-/m0/s1. The van der Waals surface area contributed by atoms with Crippen molar-refractivity contribution in [2.24, 2.45) is 0 Å². The van der Waals surface area contributed by atoms with Gasteiger partial charge in [-0.2, -0.15) is 18.3 Å². The number of carboxylic acids is 1. The number of halogens is 3. The Morgan fingerprint density at radius 3 is 2.76 bits per heavy atom. The van der Waals surface area contributed by atoms with Gasteiger partial charge in [0.2, 0.25) is 0 Å². The number of carboxylic acid groups (broad SMARTS) is 1. The number of nitrogens with zero attached hydrogens (tertiary/aromatic N) is 3. The number of hydrogen-bond donors (Lipinski definition) is 2. The Labute approximate surface area is 163 Å². The van der Waals surface area contributed by atoms with Crippen molar-refractivity contribution in [1.29, 1.82) is 0 Å². The number of nitrogens with one attached hydrogen (secondary N) is 1. The number of likely N-dealkylation sites (tertiary alicyclic amines) is 1. The Hall–Kier alpha value is -3.24. The number of carbonyl (C=O) groups is 2. The van der Waals surface area contributed by atoms with Crippen molar-refractivity contribution in [1.82, 2.24) is 14.7 Å². The maximum atomic E-state index is 13.1. The number of carbonyl (C=O) groups excluding carboxylic acids is 1. The molecule has 29 heavy (non-hydrogen) atoms. The summed E-state index contributed by atoms with van der Waals surface area (Å²) >= 11 is 0. The second-order valence-electron chi connectivity index (χ2n) is 6.51. The smallest absolute Gasteiger partial charge is 0.419 e. The molecule has 1 atom stereocenters. The summed E-state index contributed by atoms with van der Waals surface area (Å²) in [4.78, 5) is 24.4. The van der Waals surface area contributed by atoms with Crippen molar-refractivity contribution < 1.29 is 32.6 Å². The molecule has 8 nitrogen and oxygen atoms in total. The summed E-state index contributed by atoms with van der Waals surface area (Å²) in [7, 11) is 0. The molecule has 2 N–H and O–H groups in total. The van der Waals surface area contributed by atoms with E-state index < -0.39 is 29.8 Å². The van der Waals surface area contributed by atoms with Crippen molar-refractivity contribution in [3.05, 3.63) is 42.1 Å². The molecule has 2 amide bonds. The minimum Gasteiger partial charge on any atom is -0.488 e. The van der Waals surface area contributed by atoms with Crippen LogP contribution >= 0.6 is 0 Å². The number of alkyl halides is 3. The second kappa shape index (κ2) is 8.41. The number of hydrogen-bond acceptors (Lipinski definition) is 4. The summed E-state index contributed by atoms with van der Waals surface area (Å²) in [5.74, 6) is -0.960. The molecule has 0 aliphatic carbocycles. The van der Waals surface area contributed by atoms with Gasteiger partial charge in [0.05, 0.1) is 25.1 Å². The molecular formula is C18H19F3N4O4. The van der Waals surface area contributed by atoms with Crippen molar-refractivity contribution in [3.8, 4) is 5.75 Å². The minimum absolute atomic E-state index is 0.0976. The van der Waals surface area contributed by atoms with E-state index in [1.54, 1.807) is 6.20 Å². The maximum Gasteiger partial charge on any atom is 0.419 e. The molecule has 1 saturated heterocycles. The summed E-state index contributed by atoms with van der Waals surface area (Å²) in [6.45, 7) is 0.631. The van der Waals surface area contributed by atoms with Crippen LogP contribution in [0.3, 0.4) is 0 Å². The molecule has 1 aliphatic rings. The quantitative estimate of drug-likeness (QED) is 0.760. The fourth-order valence-electron chi connectivity index (χ4n) is 2.94. The number of para-hydroxylation sites is 1. The van der Waals surface area contributed by atoms with Gasteiger partial charge in [-0.05, 0) is 12.1 Å². The van der Waals surface area contributed by atoms with Gasteiger partial charge in [-0.25, -0.2) is 4.79 Å². The molecule has 1 fully saturated rings. The van der Waals surface area contributed by atoms with Gasteiger partial charge in [0, 0.05) is 25.2 Å². The van der Waals surface area contributed by atoms with Crippen LogP contribution in [0.15, 0.2) is 36.5 Å². The van der Waals surface area contributed by atoms with Crippen LogP contribution in [0.1, 0.15) is 18.4 Å². The minimum atomic E-state index is -4.52. The van der Waals surface area contributed by atoms with E-state index >= 15 is 0 Å². The van der Waals surface area contributed by atoms with E-state index in [2.05, 4.69) is 10.4 Å². The Balaban J connectivity index is 1.55. The first-order valence-electron chi connectivity index (χ1n) is 8.86. The van der Waals surface area contributed by atoms with Crippen molar-refractivity contribution in [3.63, 3.8) is 0 Å². The molecule has 11 heteroatoms. The average Bonchev–Trinajstić information content (AvgIpc) is 3.29. The first kappa shape index (κ1) is 20.5. The van der Waals surface area contributed by atoms with E-state index in [0.29, 0.717) is 13.0 Å². The summed E-state index contributed by atoms with van der Waals surface area (Å²) in [5, 5.41) is 15.3. The number of ether oxygens (including phenoxy) is 1. The number of rotatable bonds is 6. The topological polar surface area (TPSA) is 96.7 Å². The predicted molar refractivity (Wildman–Crippen MR) is 95.5 cm³/mol. The average molecular weight is 412 g/mol. The zero-order valence-corrected chi connectivity index (χ0v) is 15.2. The zero-order valence-electron chi connectivity index (χ0n) is 15.2. The van der Waals surface area contributed by atoms with Gasteiger partial charge >= 0.3 is 18.2 Å². The fourth-order valence-corrected chi connectivity index (χ4v) is 2.94. The summed E-state index contributed by atoms with van der Waals surface area (Å²) in [5.41, 5.74) is -0.852. The van der Waals surface area contributed by atoms with E-state index in [4.69, 9.17) is 9.84 Å². The van der Waals surface area contributed by atoms with Gasteiger partial charge in [-0.15, -0.1) is 0 Å². The van der Waals surface area contributed by atoms with Crippen molar-refractivity contribution >= 4 is 17.8 Å². The third-order valence-electron chi connectivity index (χ3n) is 4.35. The molecule has 0 saturated carbocycles. The molecule has 0 spiro atoms. The first-order chi connectivity index (χ1) is 13.7. The molecule has 1 aromatic carbocycles. The number of anilines is 1. The Kier molecular flexibility index (Phi) is 5.95. The van der Waals surface area contributed by atoms with E-state index in [9.17, 15) is 22.8 Å². The van der Waals surface area contributed by atoms with E-state index in [1.165, 1.54) is 33.8 Å². The predicted octanol–water partition coefficient (Wildman–Crippen LogP) is 3.06. The van der Waals surface area contributed by atoms with Gasteiger partial charge < -0.3 is 14.7 Å². The van der Waals surface area contributed by atoms with Crippen LogP contribution in [-0.4, -0.2) is 51.0 Å². The highest BCUT2D eigenvalue weighted by Crippen LogP contribution is 2.36. The lowest BCUT2D eigenvalue weighted by Gasteiger charge is -2.19. The Morgan fingerprint density at radius 2 is 2.03 bits per heavy atom. The SMILES string of the molecule is O=C(O)CCn1ccc(NC(=O)N2CC[C@H](Oc3ccccc3C(F)(F)F)C2)n1. The Morgan fingerprint density at radius 1 is 1.28 bits per heavy atom.